The van der Waals surface area contributed by atoms with Crippen molar-refractivity contribution in [3.8, 4) is 0 Å². The molecule has 0 saturated heterocycles. The van der Waals surface area contributed by atoms with Crippen molar-refractivity contribution in [1.29, 1.82) is 0 Å². The smallest absolute Gasteiger partial charge is 0.253 e. The Bertz CT molecular complexity index is 655. The Balaban J connectivity index is 2.94. The van der Waals surface area contributed by atoms with Gasteiger partial charge in [-0.3, -0.25) is 8.75 Å². The summed E-state index contributed by atoms with van der Waals surface area (Å²) in [6.07, 6.45) is -1.38. The zero-order chi connectivity index (χ0) is 17.7. The van der Waals surface area contributed by atoms with Crippen molar-refractivity contribution in [3.05, 3.63) is 28.8 Å². The molecule has 0 amide bonds. The normalized spacial score (nSPS) is 14.9. The molecule has 132 valence electrons. The van der Waals surface area contributed by atoms with Crippen LogP contribution in [0.1, 0.15) is 19.4 Å². The van der Waals surface area contributed by atoms with Gasteiger partial charge in [-0.25, -0.2) is 9.78 Å². The monoisotopic (exact) mass is 388 g/mol. The molecule has 11 heteroatoms. The highest BCUT2D eigenvalue weighted by atomic mass is 35.5. The van der Waals surface area contributed by atoms with Crippen LogP contribution in [0.5, 0.6) is 0 Å². The van der Waals surface area contributed by atoms with Gasteiger partial charge in [0.2, 0.25) is 0 Å². The SMILES string of the molecule is COOP(=O)(COS(=O)(=O)c1c(C)cccc1Cl)OOC(C)C. The quantitative estimate of drug-likeness (QED) is 0.274. The molecule has 0 spiro atoms. The highest BCUT2D eigenvalue weighted by Gasteiger charge is 2.33. The summed E-state index contributed by atoms with van der Waals surface area (Å²) in [5.74, 6) is 0. The molecule has 0 aromatic heterocycles. The molecule has 0 radical (unpaired) electrons. The number of halogens is 1. The van der Waals surface area contributed by atoms with Gasteiger partial charge < -0.3 is 0 Å². The fraction of sp³-hybridized carbons (Fsp3) is 0.500. The molecule has 0 heterocycles. The van der Waals surface area contributed by atoms with Crippen molar-refractivity contribution in [2.24, 2.45) is 0 Å². The van der Waals surface area contributed by atoms with Crippen LogP contribution in [0.25, 0.3) is 0 Å². The number of rotatable bonds is 9. The van der Waals surface area contributed by atoms with E-state index in [1.54, 1.807) is 32.9 Å². The third-order valence-electron chi connectivity index (χ3n) is 2.32. The molecule has 1 rings (SSSR count). The minimum Gasteiger partial charge on any atom is -0.253 e. The van der Waals surface area contributed by atoms with Crippen molar-refractivity contribution in [1.82, 2.24) is 0 Å². The Labute approximate surface area is 140 Å². The summed E-state index contributed by atoms with van der Waals surface area (Å²) in [5, 5.41) is -0.0214. The number of hydrogen-bond acceptors (Lipinski definition) is 8. The van der Waals surface area contributed by atoms with E-state index in [-0.39, 0.29) is 9.92 Å². The molecule has 0 bridgehead atoms. The fourth-order valence-electron chi connectivity index (χ4n) is 1.45. The minimum absolute atomic E-state index is 0.0214. The van der Waals surface area contributed by atoms with E-state index in [2.05, 4.69) is 14.2 Å². The number of aryl methyl sites for hydroxylation is 1. The molecule has 23 heavy (non-hydrogen) atoms. The van der Waals surface area contributed by atoms with Gasteiger partial charge in [0.1, 0.15) is 4.90 Å². The first-order valence-electron chi connectivity index (χ1n) is 6.42. The lowest BCUT2D eigenvalue weighted by Gasteiger charge is -2.17. The standard InChI is InChI=1S/C12H18ClO8PS/c1-9(2)19-21-22(14,20-17-4)8-18-23(15,16)12-10(3)6-5-7-11(12)13/h5-7,9H,8H2,1-4H3. The van der Waals surface area contributed by atoms with Crippen molar-refractivity contribution >= 4 is 29.3 Å². The molecule has 1 aromatic rings. The Morgan fingerprint density at radius 3 is 2.43 bits per heavy atom. The summed E-state index contributed by atoms with van der Waals surface area (Å²) in [4.78, 5) is 8.77. The van der Waals surface area contributed by atoms with E-state index in [9.17, 15) is 13.0 Å². The Kier molecular flexibility index (Phi) is 7.63. The minimum atomic E-state index is -4.29. The first-order chi connectivity index (χ1) is 10.6. The Morgan fingerprint density at radius 2 is 1.91 bits per heavy atom. The van der Waals surface area contributed by atoms with Crippen molar-refractivity contribution < 1.29 is 36.3 Å². The zero-order valence-electron chi connectivity index (χ0n) is 13.0. The average molecular weight is 389 g/mol. The van der Waals surface area contributed by atoms with Gasteiger partial charge >= 0.3 is 7.60 Å². The van der Waals surface area contributed by atoms with Gasteiger partial charge in [-0.05, 0) is 32.4 Å². The van der Waals surface area contributed by atoms with Gasteiger partial charge in [0, 0.05) is 0 Å². The van der Waals surface area contributed by atoms with Crippen LogP contribution in [0.3, 0.4) is 0 Å². The van der Waals surface area contributed by atoms with Crippen LogP contribution in [0.2, 0.25) is 5.02 Å². The van der Waals surface area contributed by atoms with Crippen LogP contribution in [-0.2, 0) is 38.0 Å². The number of benzene rings is 1. The van der Waals surface area contributed by atoms with Gasteiger partial charge in [-0.15, -0.1) is 9.35 Å². The molecular weight excluding hydrogens is 371 g/mol. The molecule has 0 N–H and O–H groups in total. The second-order valence-electron chi connectivity index (χ2n) is 4.66. The fourth-order valence-corrected chi connectivity index (χ4v) is 4.55. The van der Waals surface area contributed by atoms with Crippen LogP contribution in [0.15, 0.2) is 23.1 Å². The highest BCUT2D eigenvalue weighted by molar-refractivity contribution is 7.87. The molecule has 0 fully saturated rings. The largest absolute Gasteiger partial charge is 0.411 e. The topological polar surface area (TPSA) is 97.4 Å². The first-order valence-corrected chi connectivity index (χ1v) is 9.94. The van der Waals surface area contributed by atoms with Crippen molar-refractivity contribution in [2.75, 3.05) is 13.5 Å². The summed E-state index contributed by atoms with van der Waals surface area (Å²) >= 11 is 5.89. The van der Waals surface area contributed by atoms with E-state index in [1.807, 2.05) is 0 Å². The highest BCUT2D eigenvalue weighted by Crippen LogP contribution is 2.49. The Morgan fingerprint density at radius 1 is 1.26 bits per heavy atom. The summed E-state index contributed by atoms with van der Waals surface area (Å²) in [6, 6.07) is 4.54. The summed E-state index contributed by atoms with van der Waals surface area (Å²) in [6.45, 7) is 4.77. The van der Waals surface area contributed by atoms with Crippen LogP contribution >= 0.6 is 19.2 Å². The lowest BCUT2D eigenvalue weighted by atomic mass is 10.2. The number of hydrogen-bond donors (Lipinski definition) is 0. The molecule has 1 atom stereocenters. The maximum Gasteiger partial charge on any atom is 0.411 e. The summed E-state index contributed by atoms with van der Waals surface area (Å²) < 4.78 is 50.5. The van der Waals surface area contributed by atoms with E-state index in [1.165, 1.54) is 6.07 Å². The first kappa shape index (κ1) is 20.5. The third-order valence-corrected chi connectivity index (χ3v) is 5.52. The van der Waals surface area contributed by atoms with Gasteiger partial charge in [0.15, 0.2) is 6.35 Å². The molecule has 1 aromatic carbocycles. The lowest BCUT2D eigenvalue weighted by molar-refractivity contribution is -0.274. The van der Waals surface area contributed by atoms with E-state index in [0.717, 1.165) is 7.11 Å². The van der Waals surface area contributed by atoms with Crippen LogP contribution in [-0.4, -0.2) is 28.0 Å². The summed E-state index contributed by atoms with van der Waals surface area (Å²) in [5.41, 5.74) is 0.374. The lowest BCUT2D eigenvalue weighted by Crippen LogP contribution is -2.13. The van der Waals surface area contributed by atoms with Crippen molar-refractivity contribution in [3.63, 3.8) is 0 Å². The van der Waals surface area contributed by atoms with Gasteiger partial charge in [0.05, 0.1) is 18.2 Å². The van der Waals surface area contributed by atoms with Crippen molar-refractivity contribution in [2.45, 2.75) is 31.8 Å². The summed E-state index contributed by atoms with van der Waals surface area (Å²) in [7, 11) is -7.31. The van der Waals surface area contributed by atoms with E-state index >= 15 is 0 Å². The Hall–Kier alpha value is -0.510. The average Bonchev–Trinajstić information content (AvgIpc) is 2.43. The van der Waals surface area contributed by atoms with Gasteiger partial charge in [-0.2, -0.15) is 8.42 Å². The van der Waals surface area contributed by atoms with E-state index in [4.69, 9.17) is 20.7 Å². The third kappa shape index (κ3) is 6.13. The van der Waals surface area contributed by atoms with Crippen LogP contribution in [0.4, 0.5) is 0 Å². The zero-order valence-corrected chi connectivity index (χ0v) is 15.5. The molecule has 0 aliphatic rings. The van der Waals surface area contributed by atoms with Crippen LogP contribution in [0, 0.1) is 6.92 Å². The van der Waals surface area contributed by atoms with Crippen LogP contribution < -0.4 is 0 Å². The maximum absolute atomic E-state index is 12.2. The molecule has 8 nitrogen and oxygen atoms in total. The van der Waals surface area contributed by atoms with E-state index < -0.39 is 30.2 Å². The molecule has 0 aliphatic carbocycles. The molecule has 0 saturated carbocycles. The second-order valence-corrected chi connectivity index (χ2v) is 8.40. The van der Waals surface area contributed by atoms with Gasteiger partial charge in [0.25, 0.3) is 10.1 Å². The molecule has 1 unspecified atom stereocenters. The van der Waals surface area contributed by atoms with E-state index in [0.29, 0.717) is 5.56 Å². The van der Waals surface area contributed by atoms with Gasteiger partial charge in [-0.1, -0.05) is 23.7 Å². The predicted octanol–water partition coefficient (Wildman–Crippen LogP) is 3.44. The molecular formula is C12H18ClO8PS. The predicted molar refractivity (Wildman–Crippen MR) is 82.3 cm³/mol. The maximum atomic E-state index is 12.2. The second kappa shape index (κ2) is 8.55. The molecule has 0 aliphatic heterocycles.